The fraction of sp³-hybridized carbons (Fsp3) is 0.688. The molecular weight excluding hydrogens is 250 g/mol. The lowest BCUT2D eigenvalue weighted by Gasteiger charge is -2.37. The number of rotatable bonds is 4. The first-order valence-corrected chi connectivity index (χ1v) is 7.58. The molecule has 0 aliphatic carbocycles. The van der Waals surface area contributed by atoms with Gasteiger partial charge < -0.3 is 15.3 Å². The van der Waals surface area contributed by atoms with Crippen LogP contribution in [-0.4, -0.2) is 34.8 Å². The van der Waals surface area contributed by atoms with Crippen LogP contribution in [0.1, 0.15) is 45.6 Å². The quantitative estimate of drug-likeness (QED) is 0.887. The summed E-state index contributed by atoms with van der Waals surface area (Å²) in [6.07, 6.45) is 5.28. The number of hydrogen-bond acceptors (Lipinski definition) is 4. The van der Waals surface area contributed by atoms with Crippen LogP contribution >= 0.6 is 0 Å². The number of nitrogens with one attached hydrogen (secondary N) is 1. The molecule has 0 spiro atoms. The van der Waals surface area contributed by atoms with Crippen LogP contribution in [0.3, 0.4) is 0 Å². The summed E-state index contributed by atoms with van der Waals surface area (Å²) >= 11 is 0. The Morgan fingerprint density at radius 1 is 1.40 bits per heavy atom. The highest BCUT2D eigenvalue weighted by atomic mass is 16.3. The van der Waals surface area contributed by atoms with Crippen LogP contribution in [0.4, 0.5) is 5.82 Å². The van der Waals surface area contributed by atoms with E-state index in [-0.39, 0.29) is 18.2 Å². The molecule has 1 atom stereocenters. The standard InChI is InChI=1S/C16H27N3O/c1-16(2,3)18-11-13-7-6-9-17-15(13)19-10-5-4-8-14(19)12-20/h6-7,9,14,18,20H,4-5,8,10-12H2,1-3H3. The molecule has 0 aromatic carbocycles. The van der Waals surface area contributed by atoms with Gasteiger partial charge in [-0.15, -0.1) is 0 Å². The van der Waals surface area contributed by atoms with Gasteiger partial charge in [-0.05, 0) is 46.1 Å². The van der Waals surface area contributed by atoms with Crippen LogP contribution in [0.2, 0.25) is 0 Å². The Labute approximate surface area is 122 Å². The fourth-order valence-electron chi connectivity index (χ4n) is 2.66. The third-order valence-electron chi connectivity index (χ3n) is 3.79. The van der Waals surface area contributed by atoms with Crippen LogP contribution in [0, 0.1) is 0 Å². The van der Waals surface area contributed by atoms with E-state index in [4.69, 9.17) is 0 Å². The van der Waals surface area contributed by atoms with Crippen molar-refractivity contribution in [1.29, 1.82) is 0 Å². The lowest BCUT2D eigenvalue weighted by molar-refractivity contribution is 0.239. The molecule has 20 heavy (non-hydrogen) atoms. The normalized spacial score (nSPS) is 20.2. The summed E-state index contributed by atoms with van der Waals surface area (Å²) in [6, 6.07) is 4.33. The maximum absolute atomic E-state index is 9.59. The Morgan fingerprint density at radius 2 is 2.20 bits per heavy atom. The molecule has 1 aliphatic rings. The van der Waals surface area contributed by atoms with E-state index in [1.165, 1.54) is 18.4 Å². The molecule has 2 N–H and O–H groups in total. The maximum atomic E-state index is 9.59. The average molecular weight is 277 g/mol. The summed E-state index contributed by atoms with van der Waals surface area (Å²) in [5, 5.41) is 13.1. The molecule has 2 heterocycles. The van der Waals surface area contributed by atoms with Gasteiger partial charge in [0.15, 0.2) is 0 Å². The molecule has 1 unspecified atom stereocenters. The molecule has 0 bridgehead atoms. The second-order valence-electron chi connectivity index (χ2n) is 6.62. The first-order valence-electron chi connectivity index (χ1n) is 7.58. The molecule has 4 heteroatoms. The van der Waals surface area contributed by atoms with Crippen LogP contribution in [-0.2, 0) is 6.54 Å². The molecule has 0 radical (unpaired) electrons. The number of aromatic nitrogens is 1. The van der Waals surface area contributed by atoms with E-state index < -0.39 is 0 Å². The number of anilines is 1. The van der Waals surface area contributed by atoms with Gasteiger partial charge in [0.2, 0.25) is 0 Å². The number of pyridine rings is 1. The lowest BCUT2D eigenvalue weighted by atomic mass is 10.0. The first-order chi connectivity index (χ1) is 9.51. The van der Waals surface area contributed by atoms with Crippen molar-refractivity contribution >= 4 is 5.82 Å². The van der Waals surface area contributed by atoms with Gasteiger partial charge in [-0.3, -0.25) is 0 Å². The molecule has 4 nitrogen and oxygen atoms in total. The van der Waals surface area contributed by atoms with Crippen molar-refractivity contribution in [3.8, 4) is 0 Å². The van der Waals surface area contributed by atoms with E-state index in [1.54, 1.807) is 0 Å². The van der Waals surface area contributed by atoms with E-state index >= 15 is 0 Å². The van der Waals surface area contributed by atoms with E-state index in [2.05, 4.69) is 42.0 Å². The van der Waals surface area contributed by atoms with Crippen molar-refractivity contribution in [2.75, 3.05) is 18.1 Å². The lowest BCUT2D eigenvalue weighted by Crippen LogP contribution is -2.43. The topological polar surface area (TPSA) is 48.4 Å². The van der Waals surface area contributed by atoms with Crippen LogP contribution in [0.25, 0.3) is 0 Å². The predicted octanol–water partition coefficient (Wildman–Crippen LogP) is 2.32. The van der Waals surface area contributed by atoms with Crippen molar-refractivity contribution in [3.05, 3.63) is 23.9 Å². The molecule has 1 saturated heterocycles. The number of piperidine rings is 1. The van der Waals surface area contributed by atoms with E-state index in [0.29, 0.717) is 0 Å². The van der Waals surface area contributed by atoms with E-state index in [1.807, 2.05) is 12.3 Å². The fourth-order valence-corrected chi connectivity index (χ4v) is 2.66. The van der Waals surface area contributed by atoms with Crippen LogP contribution < -0.4 is 10.2 Å². The number of nitrogens with zero attached hydrogens (tertiary/aromatic N) is 2. The maximum Gasteiger partial charge on any atom is 0.133 e. The first kappa shape index (κ1) is 15.3. The number of aliphatic hydroxyl groups is 1. The summed E-state index contributed by atoms with van der Waals surface area (Å²) in [5.74, 6) is 1.03. The zero-order valence-corrected chi connectivity index (χ0v) is 12.9. The Balaban J connectivity index is 2.18. The van der Waals surface area contributed by atoms with Gasteiger partial charge in [0, 0.05) is 30.4 Å². The summed E-state index contributed by atoms with van der Waals surface area (Å²) < 4.78 is 0. The molecule has 2 rings (SSSR count). The molecular formula is C16H27N3O. The van der Waals surface area contributed by atoms with Crippen LogP contribution in [0.15, 0.2) is 18.3 Å². The van der Waals surface area contributed by atoms with E-state index in [0.717, 1.165) is 25.3 Å². The van der Waals surface area contributed by atoms with Gasteiger partial charge in [0.25, 0.3) is 0 Å². The molecule has 0 saturated carbocycles. The van der Waals surface area contributed by atoms with Crippen molar-refractivity contribution in [3.63, 3.8) is 0 Å². The molecule has 112 valence electrons. The van der Waals surface area contributed by atoms with Gasteiger partial charge in [0.05, 0.1) is 12.6 Å². The average Bonchev–Trinajstić information content (AvgIpc) is 2.44. The second kappa shape index (κ2) is 6.55. The summed E-state index contributed by atoms with van der Waals surface area (Å²) in [7, 11) is 0. The minimum atomic E-state index is 0.0887. The highest BCUT2D eigenvalue weighted by Crippen LogP contribution is 2.26. The van der Waals surface area contributed by atoms with Gasteiger partial charge >= 0.3 is 0 Å². The monoisotopic (exact) mass is 277 g/mol. The van der Waals surface area contributed by atoms with Gasteiger partial charge in [-0.1, -0.05) is 6.07 Å². The minimum absolute atomic E-state index is 0.0887. The largest absolute Gasteiger partial charge is 0.394 e. The third-order valence-corrected chi connectivity index (χ3v) is 3.79. The summed E-state index contributed by atoms with van der Waals surface area (Å²) in [5.41, 5.74) is 1.30. The molecule has 0 amide bonds. The minimum Gasteiger partial charge on any atom is -0.394 e. The molecule has 1 aromatic rings. The van der Waals surface area contributed by atoms with E-state index in [9.17, 15) is 5.11 Å². The zero-order valence-electron chi connectivity index (χ0n) is 12.9. The highest BCUT2D eigenvalue weighted by molar-refractivity contribution is 5.48. The second-order valence-corrected chi connectivity index (χ2v) is 6.62. The van der Waals surface area contributed by atoms with Crippen molar-refractivity contribution in [2.24, 2.45) is 0 Å². The smallest absolute Gasteiger partial charge is 0.133 e. The predicted molar refractivity (Wildman–Crippen MR) is 82.9 cm³/mol. The van der Waals surface area contributed by atoms with Crippen LogP contribution in [0.5, 0.6) is 0 Å². The Morgan fingerprint density at radius 3 is 2.90 bits per heavy atom. The Bertz CT molecular complexity index is 428. The number of hydrogen-bond donors (Lipinski definition) is 2. The van der Waals surface area contributed by atoms with Crippen molar-refractivity contribution in [1.82, 2.24) is 10.3 Å². The highest BCUT2D eigenvalue weighted by Gasteiger charge is 2.24. The molecule has 1 aliphatic heterocycles. The number of aliphatic hydroxyl groups excluding tert-OH is 1. The van der Waals surface area contributed by atoms with Gasteiger partial charge in [-0.25, -0.2) is 4.98 Å². The SMILES string of the molecule is CC(C)(C)NCc1cccnc1N1CCCCC1CO. The molecule has 1 aromatic heterocycles. The summed E-state index contributed by atoms with van der Waals surface area (Å²) in [6.45, 7) is 8.51. The zero-order chi connectivity index (χ0) is 14.6. The molecule has 1 fully saturated rings. The Kier molecular flexibility index (Phi) is 5.00. The summed E-state index contributed by atoms with van der Waals surface area (Å²) in [4.78, 5) is 6.86. The van der Waals surface area contributed by atoms with Gasteiger partial charge in [0.1, 0.15) is 5.82 Å². The van der Waals surface area contributed by atoms with Crippen molar-refractivity contribution in [2.45, 2.75) is 58.2 Å². The third kappa shape index (κ3) is 3.93. The van der Waals surface area contributed by atoms with Crippen molar-refractivity contribution < 1.29 is 5.11 Å². The van der Waals surface area contributed by atoms with Gasteiger partial charge in [-0.2, -0.15) is 0 Å². The Hall–Kier alpha value is -1.13.